The molecule has 0 saturated carbocycles. The van der Waals surface area contributed by atoms with Crippen LogP contribution in [0.2, 0.25) is 0 Å². The fourth-order valence-electron chi connectivity index (χ4n) is 3.38. The monoisotopic (exact) mass is 413 g/mol. The molecule has 1 saturated heterocycles. The molecule has 0 bridgehead atoms. The summed E-state index contributed by atoms with van der Waals surface area (Å²) in [6.45, 7) is 0.974. The van der Waals surface area contributed by atoms with E-state index in [0.717, 1.165) is 11.3 Å². The number of rotatable bonds is 5. The molecule has 8 heteroatoms. The van der Waals surface area contributed by atoms with Gasteiger partial charge >= 0.3 is 0 Å². The number of thiophene rings is 1. The highest BCUT2D eigenvalue weighted by Crippen LogP contribution is 2.23. The van der Waals surface area contributed by atoms with Gasteiger partial charge in [0.2, 0.25) is 0 Å². The summed E-state index contributed by atoms with van der Waals surface area (Å²) in [5, 5.41) is 8.52. The fourth-order valence-corrected chi connectivity index (χ4v) is 4.03. The first-order chi connectivity index (χ1) is 14.1. The van der Waals surface area contributed by atoms with Gasteiger partial charge in [0, 0.05) is 30.1 Å². The van der Waals surface area contributed by atoms with Gasteiger partial charge in [-0.15, -0.1) is 0 Å². The summed E-state index contributed by atoms with van der Waals surface area (Å²) >= 11 is 1.59. The van der Waals surface area contributed by atoms with E-state index >= 15 is 0 Å². The van der Waals surface area contributed by atoms with E-state index in [9.17, 15) is 14.0 Å². The first kappa shape index (κ1) is 19.3. The SMILES string of the molecule is O=C(COc1ccc(F)cc1)N1CCC(n2nc(-c3ccsc3)ccc2=O)CC1. The van der Waals surface area contributed by atoms with Crippen molar-refractivity contribution < 1.29 is 13.9 Å². The van der Waals surface area contributed by atoms with Crippen LogP contribution >= 0.6 is 11.3 Å². The molecule has 1 aliphatic heterocycles. The van der Waals surface area contributed by atoms with Crippen molar-refractivity contribution in [1.29, 1.82) is 0 Å². The highest BCUT2D eigenvalue weighted by molar-refractivity contribution is 7.08. The molecule has 0 N–H and O–H groups in total. The van der Waals surface area contributed by atoms with Crippen molar-refractivity contribution >= 4 is 17.2 Å². The van der Waals surface area contributed by atoms with E-state index in [1.807, 2.05) is 16.8 Å². The smallest absolute Gasteiger partial charge is 0.267 e. The fraction of sp³-hybridized carbons (Fsp3) is 0.286. The van der Waals surface area contributed by atoms with Gasteiger partial charge in [-0.05, 0) is 54.6 Å². The number of carbonyl (C=O) groups is 1. The Bertz CT molecular complexity index is 1030. The minimum absolute atomic E-state index is 0.0387. The lowest BCUT2D eigenvalue weighted by Crippen LogP contribution is -2.43. The highest BCUT2D eigenvalue weighted by Gasteiger charge is 2.25. The number of likely N-dealkylation sites (tertiary alicyclic amines) is 1. The van der Waals surface area contributed by atoms with E-state index in [-0.39, 0.29) is 29.9 Å². The van der Waals surface area contributed by atoms with Crippen LogP contribution in [-0.4, -0.2) is 40.3 Å². The Kier molecular flexibility index (Phi) is 5.71. The van der Waals surface area contributed by atoms with E-state index in [1.54, 1.807) is 33.1 Å². The van der Waals surface area contributed by atoms with Crippen LogP contribution in [-0.2, 0) is 4.79 Å². The summed E-state index contributed by atoms with van der Waals surface area (Å²) in [5.41, 5.74) is 1.64. The Hall–Kier alpha value is -3.00. The third-order valence-corrected chi connectivity index (χ3v) is 5.66. The predicted molar refractivity (Wildman–Crippen MR) is 109 cm³/mol. The molecule has 6 nitrogen and oxygen atoms in total. The van der Waals surface area contributed by atoms with E-state index in [1.165, 1.54) is 24.3 Å². The zero-order valence-electron chi connectivity index (χ0n) is 15.7. The van der Waals surface area contributed by atoms with Crippen LogP contribution < -0.4 is 10.3 Å². The molecule has 0 atom stereocenters. The van der Waals surface area contributed by atoms with Crippen LogP contribution in [0.25, 0.3) is 11.3 Å². The molecule has 2 aromatic heterocycles. The summed E-state index contributed by atoms with van der Waals surface area (Å²) in [6, 6.07) is 10.8. The second-order valence-corrected chi connectivity index (χ2v) is 7.65. The molecule has 0 spiro atoms. The normalized spacial score (nSPS) is 14.7. The minimum Gasteiger partial charge on any atom is -0.484 e. The topological polar surface area (TPSA) is 64.4 Å². The number of amides is 1. The Morgan fingerprint density at radius 2 is 1.90 bits per heavy atom. The lowest BCUT2D eigenvalue weighted by Gasteiger charge is -2.32. The van der Waals surface area contributed by atoms with E-state index < -0.39 is 0 Å². The summed E-state index contributed by atoms with van der Waals surface area (Å²) in [7, 11) is 0. The van der Waals surface area contributed by atoms with Crippen LogP contribution in [0.4, 0.5) is 4.39 Å². The molecule has 4 rings (SSSR count). The standard InChI is InChI=1S/C21H20FN3O3S/c22-16-1-3-18(4-2-16)28-13-21(27)24-10-7-17(8-11-24)25-20(26)6-5-19(23-25)15-9-12-29-14-15/h1-6,9,12,14,17H,7-8,10-11,13H2. The van der Waals surface area contributed by atoms with Gasteiger partial charge in [0.25, 0.3) is 11.5 Å². The Morgan fingerprint density at radius 1 is 1.14 bits per heavy atom. The summed E-state index contributed by atoms with van der Waals surface area (Å²) < 4.78 is 19.9. The largest absolute Gasteiger partial charge is 0.484 e. The zero-order valence-corrected chi connectivity index (χ0v) is 16.5. The first-order valence-corrected chi connectivity index (χ1v) is 10.3. The summed E-state index contributed by atoms with van der Waals surface area (Å²) in [4.78, 5) is 26.4. The number of nitrogens with zero attached hydrogens (tertiary/aromatic N) is 3. The van der Waals surface area contributed by atoms with E-state index in [2.05, 4.69) is 5.10 Å². The van der Waals surface area contributed by atoms with E-state index in [0.29, 0.717) is 31.7 Å². The molecule has 1 fully saturated rings. The van der Waals surface area contributed by atoms with Gasteiger partial charge in [-0.25, -0.2) is 9.07 Å². The van der Waals surface area contributed by atoms with Gasteiger partial charge in [-0.2, -0.15) is 16.4 Å². The maximum atomic E-state index is 12.9. The van der Waals surface area contributed by atoms with Crippen LogP contribution in [0.5, 0.6) is 5.75 Å². The predicted octanol–water partition coefficient (Wildman–Crippen LogP) is 3.35. The molecule has 1 aromatic carbocycles. The molecular formula is C21H20FN3O3S. The minimum atomic E-state index is -0.349. The van der Waals surface area contributed by atoms with Crippen molar-refractivity contribution in [3.05, 3.63) is 69.4 Å². The number of piperidine rings is 1. The number of benzene rings is 1. The quantitative estimate of drug-likeness (QED) is 0.644. The van der Waals surface area contributed by atoms with Gasteiger partial charge < -0.3 is 9.64 Å². The van der Waals surface area contributed by atoms with Crippen LogP contribution in [0, 0.1) is 5.82 Å². The number of hydrogen-bond acceptors (Lipinski definition) is 5. The third kappa shape index (κ3) is 4.54. The molecule has 3 heterocycles. The number of halogens is 1. The number of carbonyl (C=O) groups excluding carboxylic acids is 1. The van der Waals surface area contributed by atoms with Crippen LogP contribution in [0.15, 0.2) is 58.0 Å². The molecular weight excluding hydrogens is 393 g/mol. The number of hydrogen-bond donors (Lipinski definition) is 0. The number of aromatic nitrogens is 2. The van der Waals surface area contributed by atoms with Crippen molar-refractivity contribution in [3.8, 4) is 17.0 Å². The van der Waals surface area contributed by atoms with Crippen molar-refractivity contribution in [2.75, 3.05) is 19.7 Å². The average molecular weight is 413 g/mol. The Morgan fingerprint density at radius 3 is 2.59 bits per heavy atom. The van der Waals surface area contributed by atoms with Crippen molar-refractivity contribution in [3.63, 3.8) is 0 Å². The maximum Gasteiger partial charge on any atom is 0.267 e. The van der Waals surface area contributed by atoms with Gasteiger partial charge in [0.1, 0.15) is 11.6 Å². The maximum absolute atomic E-state index is 12.9. The average Bonchev–Trinajstić information content (AvgIpc) is 3.28. The molecule has 1 aliphatic rings. The van der Waals surface area contributed by atoms with Crippen LogP contribution in [0.3, 0.4) is 0 Å². The Labute approximate surface area is 171 Å². The molecule has 29 heavy (non-hydrogen) atoms. The van der Waals surface area contributed by atoms with Gasteiger partial charge in [0.05, 0.1) is 11.7 Å². The molecule has 0 aliphatic carbocycles. The van der Waals surface area contributed by atoms with Gasteiger partial charge in [-0.3, -0.25) is 9.59 Å². The van der Waals surface area contributed by atoms with E-state index in [4.69, 9.17) is 4.74 Å². The van der Waals surface area contributed by atoms with Gasteiger partial charge in [0.15, 0.2) is 6.61 Å². The van der Waals surface area contributed by atoms with Gasteiger partial charge in [-0.1, -0.05) is 0 Å². The molecule has 0 radical (unpaired) electrons. The second-order valence-electron chi connectivity index (χ2n) is 6.87. The molecule has 3 aromatic rings. The first-order valence-electron chi connectivity index (χ1n) is 9.39. The summed E-state index contributed by atoms with van der Waals surface area (Å²) in [6.07, 6.45) is 1.31. The second kappa shape index (κ2) is 8.57. The lowest BCUT2D eigenvalue weighted by molar-refractivity contribution is -0.134. The molecule has 1 amide bonds. The Balaban J connectivity index is 1.35. The van der Waals surface area contributed by atoms with Crippen molar-refractivity contribution in [1.82, 2.24) is 14.7 Å². The summed E-state index contributed by atoms with van der Waals surface area (Å²) in [5.74, 6) is -0.0200. The zero-order chi connectivity index (χ0) is 20.2. The number of ether oxygens (including phenoxy) is 1. The van der Waals surface area contributed by atoms with Crippen LogP contribution in [0.1, 0.15) is 18.9 Å². The van der Waals surface area contributed by atoms with Crippen molar-refractivity contribution in [2.24, 2.45) is 0 Å². The molecule has 0 unspecified atom stereocenters. The third-order valence-electron chi connectivity index (χ3n) is 4.98. The van der Waals surface area contributed by atoms with Crippen molar-refractivity contribution in [2.45, 2.75) is 18.9 Å². The highest BCUT2D eigenvalue weighted by atomic mass is 32.1. The lowest BCUT2D eigenvalue weighted by atomic mass is 10.1. The molecule has 150 valence electrons.